The smallest absolute Gasteiger partial charge is 0.321 e. The number of aromatic nitrogens is 2. The molecular formula is C21H28N4O3S. The molecule has 2 N–H and O–H groups in total. The monoisotopic (exact) mass is 416 g/mol. The van der Waals surface area contributed by atoms with E-state index in [-0.39, 0.29) is 17.4 Å². The molecule has 1 aliphatic rings. The summed E-state index contributed by atoms with van der Waals surface area (Å²) < 4.78 is 5.69. The molecule has 0 saturated heterocycles. The molecule has 1 heterocycles. The Morgan fingerprint density at radius 3 is 2.41 bits per heavy atom. The van der Waals surface area contributed by atoms with Gasteiger partial charge in [0.05, 0.1) is 5.25 Å². The molecule has 0 bridgehead atoms. The summed E-state index contributed by atoms with van der Waals surface area (Å²) in [7, 11) is 0. The van der Waals surface area contributed by atoms with Crippen molar-refractivity contribution in [3.63, 3.8) is 0 Å². The molecule has 0 spiro atoms. The van der Waals surface area contributed by atoms with E-state index in [0.717, 1.165) is 43.0 Å². The van der Waals surface area contributed by atoms with Gasteiger partial charge >= 0.3 is 6.03 Å². The fourth-order valence-electron chi connectivity index (χ4n) is 3.20. The van der Waals surface area contributed by atoms with Crippen LogP contribution >= 0.6 is 11.8 Å². The number of nitrogens with zero attached hydrogens (tertiary/aromatic N) is 2. The number of carbonyl (C=O) groups is 2. The van der Waals surface area contributed by atoms with Gasteiger partial charge in [0.2, 0.25) is 11.8 Å². The van der Waals surface area contributed by atoms with Crippen LogP contribution in [0.15, 0.2) is 33.9 Å². The van der Waals surface area contributed by atoms with Crippen molar-refractivity contribution in [2.45, 2.75) is 75.3 Å². The number of thioether (sulfide) groups is 1. The van der Waals surface area contributed by atoms with Crippen LogP contribution < -0.4 is 10.6 Å². The van der Waals surface area contributed by atoms with E-state index in [0.29, 0.717) is 11.1 Å². The molecule has 8 heteroatoms. The quantitative estimate of drug-likeness (QED) is 0.706. The zero-order valence-electron chi connectivity index (χ0n) is 17.3. The lowest BCUT2D eigenvalue weighted by Crippen LogP contribution is -2.45. The number of hydrogen-bond donors (Lipinski definition) is 2. The van der Waals surface area contributed by atoms with Gasteiger partial charge in [0.1, 0.15) is 0 Å². The molecule has 1 saturated carbocycles. The lowest BCUT2D eigenvalue weighted by molar-refractivity contribution is -0.119. The van der Waals surface area contributed by atoms with Gasteiger partial charge in [0.25, 0.3) is 5.22 Å². The van der Waals surface area contributed by atoms with Crippen LogP contribution in [0.25, 0.3) is 11.5 Å². The summed E-state index contributed by atoms with van der Waals surface area (Å²) in [6, 6.07) is 7.71. The Morgan fingerprint density at radius 2 is 1.79 bits per heavy atom. The van der Waals surface area contributed by atoms with Gasteiger partial charge in [-0.1, -0.05) is 57.5 Å². The minimum Gasteiger partial charge on any atom is -0.411 e. The summed E-state index contributed by atoms with van der Waals surface area (Å²) in [6.45, 7) is 8.17. The molecule has 0 unspecified atom stereocenters. The van der Waals surface area contributed by atoms with Crippen molar-refractivity contribution in [3.8, 4) is 11.5 Å². The largest absolute Gasteiger partial charge is 0.411 e. The van der Waals surface area contributed by atoms with E-state index in [9.17, 15) is 9.59 Å². The van der Waals surface area contributed by atoms with Gasteiger partial charge in [0, 0.05) is 11.6 Å². The summed E-state index contributed by atoms with van der Waals surface area (Å²) in [6.07, 6.45) is 4.16. The minimum absolute atomic E-state index is 0.0707. The lowest BCUT2D eigenvalue weighted by Gasteiger charge is -2.18. The number of hydrogen-bond acceptors (Lipinski definition) is 6. The molecular weight excluding hydrogens is 388 g/mol. The molecule has 0 aliphatic heterocycles. The number of rotatable bonds is 5. The number of benzene rings is 1. The predicted molar refractivity (Wildman–Crippen MR) is 113 cm³/mol. The second-order valence-corrected chi connectivity index (χ2v) is 9.70. The van der Waals surface area contributed by atoms with E-state index in [2.05, 4.69) is 41.6 Å². The highest BCUT2D eigenvalue weighted by Gasteiger charge is 2.23. The van der Waals surface area contributed by atoms with Crippen molar-refractivity contribution in [1.29, 1.82) is 0 Å². The molecule has 3 amide bonds. The molecule has 29 heavy (non-hydrogen) atoms. The van der Waals surface area contributed by atoms with Crippen LogP contribution in [0.5, 0.6) is 0 Å². The van der Waals surface area contributed by atoms with Gasteiger partial charge in [0.15, 0.2) is 0 Å². The average molecular weight is 417 g/mol. The molecule has 0 radical (unpaired) electrons. The Hall–Kier alpha value is -2.35. The van der Waals surface area contributed by atoms with Crippen LogP contribution in [0.3, 0.4) is 0 Å². The van der Waals surface area contributed by atoms with E-state index in [1.165, 1.54) is 5.56 Å². The Bertz CT molecular complexity index is 852. The van der Waals surface area contributed by atoms with Crippen molar-refractivity contribution >= 4 is 23.7 Å². The third kappa shape index (κ3) is 5.82. The van der Waals surface area contributed by atoms with Crippen molar-refractivity contribution < 1.29 is 14.0 Å². The van der Waals surface area contributed by atoms with Crippen molar-refractivity contribution in [1.82, 2.24) is 20.8 Å². The predicted octanol–water partition coefficient (Wildman–Crippen LogP) is 4.28. The van der Waals surface area contributed by atoms with Gasteiger partial charge in [-0.05, 0) is 42.9 Å². The fourth-order valence-corrected chi connectivity index (χ4v) is 3.88. The van der Waals surface area contributed by atoms with E-state index < -0.39 is 11.3 Å². The van der Waals surface area contributed by atoms with Crippen molar-refractivity contribution in [2.75, 3.05) is 0 Å². The Morgan fingerprint density at radius 1 is 1.14 bits per heavy atom. The Labute approximate surface area is 175 Å². The van der Waals surface area contributed by atoms with Crippen LogP contribution in [-0.2, 0) is 10.2 Å². The highest BCUT2D eigenvalue weighted by Crippen LogP contribution is 2.28. The van der Waals surface area contributed by atoms with E-state index >= 15 is 0 Å². The molecule has 1 atom stereocenters. The fraction of sp³-hybridized carbons (Fsp3) is 0.524. The molecule has 1 aromatic carbocycles. The number of imide groups is 1. The molecule has 156 valence electrons. The normalized spacial score (nSPS) is 15.9. The second-order valence-electron chi connectivity index (χ2n) is 8.40. The summed E-state index contributed by atoms with van der Waals surface area (Å²) in [5.74, 6) is 0.0133. The standard InChI is InChI=1S/C21H28N4O3S/c1-13(17(26)23-19(27)22-16-7-5-6-8-16)29-20-25-24-18(28-20)14-9-11-15(12-10-14)21(2,3)4/h9-13,16H,5-8H2,1-4H3,(H2,22,23,26,27)/t13-/m1/s1. The first-order valence-electron chi connectivity index (χ1n) is 9.95. The Balaban J connectivity index is 1.54. The molecule has 1 fully saturated rings. The zero-order valence-corrected chi connectivity index (χ0v) is 18.1. The van der Waals surface area contributed by atoms with Crippen LogP contribution in [0.1, 0.15) is 58.9 Å². The maximum absolute atomic E-state index is 12.3. The topological polar surface area (TPSA) is 97.1 Å². The molecule has 1 aliphatic carbocycles. The van der Waals surface area contributed by atoms with Gasteiger partial charge in [-0.15, -0.1) is 10.2 Å². The molecule has 7 nitrogen and oxygen atoms in total. The first-order valence-corrected chi connectivity index (χ1v) is 10.8. The third-order valence-corrected chi connectivity index (χ3v) is 5.91. The maximum atomic E-state index is 12.3. The summed E-state index contributed by atoms with van der Waals surface area (Å²) in [5.41, 5.74) is 2.11. The number of nitrogens with one attached hydrogen (secondary N) is 2. The number of carbonyl (C=O) groups excluding carboxylic acids is 2. The molecule has 2 aromatic rings. The highest BCUT2D eigenvalue weighted by atomic mass is 32.2. The van der Waals surface area contributed by atoms with Gasteiger partial charge < -0.3 is 9.73 Å². The number of urea groups is 1. The van der Waals surface area contributed by atoms with Gasteiger partial charge in [-0.2, -0.15) is 0 Å². The van der Waals surface area contributed by atoms with Crippen LogP contribution in [0, 0.1) is 0 Å². The Kier molecular flexibility index (Phi) is 6.62. The van der Waals surface area contributed by atoms with E-state index in [4.69, 9.17) is 4.42 Å². The van der Waals surface area contributed by atoms with Crippen molar-refractivity contribution in [3.05, 3.63) is 29.8 Å². The maximum Gasteiger partial charge on any atom is 0.321 e. The second kappa shape index (κ2) is 8.98. The first kappa shape index (κ1) is 21.4. The van der Waals surface area contributed by atoms with Crippen LogP contribution in [0.4, 0.5) is 4.79 Å². The lowest BCUT2D eigenvalue weighted by atomic mass is 9.87. The van der Waals surface area contributed by atoms with E-state index in [1.54, 1.807) is 6.92 Å². The minimum atomic E-state index is -0.541. The molecule has 3 rings (SSSR count). The number of amides is 3. The summed E-state index contributed by atoms with van der Waals surface area (Å²) in [5, 5.41) is 13.1. The van der Waals surface area contributed by atoms with Gasteiger partial charge in [-0.3, -0.25) is 10.1 Å². The summed E-state index contributed by atoms with van der Waals surface area (Å²) >= 11 is 1.13. The zero-order chi connectivity index (χ0) is 21.0. The van der Waals surface area contributed by atoms with E-state index in [1.807, 2.05) is 24.3 Å². The first-order chi connectivity index (χ1) is 13.7. The SMILES string of the molecule is C[C@@H](Sc1nnc(-c2ccc(C(C)(C)C)cc2)o1)C(=O)NC(=O)NC1CCCC1. The van der Waals surface area contributed by atoms with Crippen LogP contribution in [0.2, 0.25) is 0 Å². The van der Waals surface area contributed by atoms with Crippen LogP contribution in [-0.4, -0.2) is 33.4 Å². The highest BCUT2D eigenvalue weighted by molar-refractivity contribution is 8.00. The summed E-state index contributed by atoms with van der Waals surface area (Å²) in [4.78, 5) is 24.2. The molecule has 1 aromatic heterocycles. The van der Waals surface area contributed by atoms with Gasteiger partial charge in [-0.25, -0.2) is 4.79 Å². The third-order valence-electron chi connectivity index (χ3n) is 4.98. The average Bonchev–Trinajstić information content (AvgIpc) is 3.33. The van der Waals surface area contributed by atoms with Crippen molar-refractivity contribution in [2.24, 2.45) is 0 Å².